The summed E-state index contributed by atoms with van der Waals surface area (Å²) in [5.41, 5.74) is 0.258. The van der Waals surface area contributed by atoms with Crippen molar-refractivity contribution in [2.45, 2.75) is 44.1 Å². The third-order valence-electron chi connectivity index (χ3n) is 2.71. The van der Waals surface area contributed by atoms with Crippen molar-refractivity contribution in [3.05, 3.63) is 0 Å². The van der Waals surface area contributed by atoms with Gasteiger partial charge in [0.2, 0.25) is 0 Å². The number of hydrogen-bond acceptors (Lipinski definition) is 1. The molecule has 66 valence electrons. The van der Waals surface area contributed by atoms with Crippen molar-refractivity contribution >= 4 is 15.9 Å². The smallest absolute Gasteiger partial charge is 0.0679 e. The maximum atomic E-state index is 5.58. The fourth-order valence-electron chi connectivity index (χ4n) is 1.96. The first-order valence-electron chi connectivity index (χ1n) is 4.44. The van der Waals surface area contributed by atoms with E-state index in [1.54, 1.807) is 0 Å². The van der Waals surface area contributed by atoms with Crippen LogP contribution in [0.3, 0.4) is 0 Å². The summed E-state index contributed by atoms with van der Waals surface area (Å²) in [5, 5.41) is 1.11. The topological polar surface area (TPSA) is 9.23 Å². The molecule has 0 aliphatic heterocycles. The second-order valence-electron chi connectivity index (χ2n) is 3.39. The first-order valence-corrected chi connectivity index (χ1v) is 5.56. The summed E-state index contributed by atoms with van der Waals surface area (Å²) in [6.45, 7) is 0. The average molecular weight is 221 g/mol. The van der Waals surface area contributed by atoms with Gasteiger partial charge in [-0.3, -0.25) is 0 Å². The van der Waals surface area contributed by atoms with Crippen molar-refractivity contribution in [2.24, 2.45) is 0 Å². The van der Waals surface area contributed by atoms with Crippen molar-refractivity contribution in [1.29, 1.82) is 0 Å². The zero-order chi connectivity index (χ0) is 8.16. The Hall–Kier alpha value is 0.440. The van der Waals surface area contributed by atoms with Gasteiger partial charge in [0.1, 0.15) is 0 Å². The highest BCUT2D eigenvalue weighted by atomic mass is 79.9. The van der Waals surface area contributed by atoms with Gasteiger partial charge >= 0.3 is 0 Å². The molecule has 0 aromatic rings. The molecule has 0 saturated heterocycles. The van der Waals surface area contributed by atoms with Gasteiger partial charge in [-0.05, 0) is 25.7 Å². The molecule has 11 heavy (non-hydrogen) atoms. The Labute approximate surface area is 77.6 Å². The summed E-state index contributed by atoms with van der Waals surface area (Å²) in [4.78, 5) is 0. The molecule has 1 saturated carbocycles. The van der Waals surface area contributed by atoms with Gasteiger partial charge in [0.05, 0.1) is 5.60 Å². The molecule has 0 spiro atoms. The summed E-state index contributed by atoms with van der Waals surface area (Å²) >= 11 is 3.45. The molecule has 1 aliphatic rings. The van der Waals surface area contributed by atoms with Gasteiger partial charge in [0.25, 0.3) is 0 Å². The van der Waals surface area contributed by atoms with Crippen LogP contribution in [-0.4, -0.2) is 18.0 Å². The lowest BCUT2D eigenvalue weighted by Gasteiger charge is -2.26. The SMILES string of the molecule is COC1(CCCBr)CCCC1. The molecule has 1 fully saturated rings. The highest BCUT2D eigenvalue weighted by Gasteiger charge is 2.32. The summed E-state index contributed by atoms with van der Waals surface area (Å²) in [6, 6.07) is 0. The van der Waals surface area contributed by atoms with E-state index in [4.69, 9.17) is 4.74 Å². The predicted octanol–water partition coefficient (Wildman–Crippen LogP) is 3.12. The number of methoxy groups -OCH3 is 1. The molecule has 0 radical (unpaired) electrons. The van der Waals surface area contributed by atoms with Gasteiger partial charge in [0, 0.05) is 12.4 Å². The van der Waals surface area contributed by atoms with Gasteiger partial charge in [0.15, 0.2) is 0 Å². The first-order chi connectivity index (χ1) is 5.33. The molecule has 0 aromatic carbocycles. The van der Waals surface area contributed by atoms with Gasteiger partial charge in [-0.2, -0.15) is 0 Å². The maximum Gasteiger partial charge on any atom is 0.0679 e. The predicted molar refractivity (Wildman–Crippen MR) is 51.2 cm³/mol. The van der Waals surface area contributed by atoms with E-state index in [1.807, 2.05) is 7.11 Å². The fourth-order valence-corrected chi connectivity index (χ4v) is 2.24. The fraction of sp³-hybridized carbons (Fsp3) is 1.00. The van der Waals surface area contributed by atoms with Gasteiger partial charge < -0.3 is 4.74 Å². The van der Waals surface area contributed by atoms with E-state index in [0.717, 1.165) is 5.33 Å². The van der Waals surface area contributed by atoms with Crippen LogP contribution in [0.4, 0.5) is 0 Å². The second kappa shape index (κ2) is 4.46. The van der Waals surface area contributed by atoms with E-state index in [9.17, 15) is 0 Å². The van der Waals surface area contributed by atoms with Crippen molar-refractivity contribution in [3.63, 3.8) is 0 Å². The molecule has 0 heterocycles. The Kier molecular flexibility index (Phi) is 3.86. The summed E-state index contributed by atoms with van der Waals surface area (Å²) < 4.78 is 5.58. The lowest BCUT2D eigenvalue weighted by Crippen LogP contribution is -2.27. The molecule has 0 N–H and O–H groups in total. The summed E-state index contributed by atoms with van der Waals surface area (Å²) in [6.07, 6.45) is 7.74. The van der Waals surface area contributed by atoms with Crippen molar-refractivity contribution in [1.82, 2.24) is 0 Å². The minimum absolute atomic E-state index is 0.258. The van der Waals surface area contributed by atoms with E-state index in [2.05, 4.69) is 15.9 Å². The molecule has 1 nitrogen and oxygen atoms in total. The number of ether oxygens (including phenoxy) is 1. The standard InChI is InChI=1S/C9H17BrO/c1-11-9(7-4-8-10)5-2-3-6-9/h2-8H2,1H3. The lowest BCUT2D eigenvalue weighted by molar-refractivity contribution is -0.0114. The average Bonchev–Trinajstić information content (AvgIpc) is 2.50. The summed E-state index contributed by atoms with van der Waals surface area (Å²) in [7, 11) is 1.86. The van der Waals surface area contributed by atoms with Crippen molar-refractivity contribution in [3.8, 4) is 0 Å². The largest absolute Gasteiger partial charge is 0.378 e. The van der Waals surface area contributed by atoms with Crippen LogP contribution in [0.5, 0.6) is 0 Å². The second-order valence-corrected chi connectivity index (χ2v) is 4.18. The van der Waals surface area contributed by atoms with Crippen LogP contribution in [-0.2, 0) is 4.74 Å². The molecule has 1 aliphatic carbocycles. The van der Waals surface area contributed by atoms with E-state index in [-0.39, 0.29) is 5.60 Å². The van der Waals surface area contributed by atoms with Gasteiger partial charge in [-0.1, -0.05) is 28.8 Å². The number of alkyl halides is 1. The lowest BCUT2D eigenvalue weighted by atomic mass is 9.96. The minimum atomic E-state index is 0.258. The Balaban J connectivity index is 2.33. The van der Waals surface area contributed by atoms with Crippen LogP contribution < -0.4 is 0 Å². The minimum Gasteiger partial charge on any atom is -0.378 e. The monoisotopic (exact) mass is 220 g/mol. The maximum absolute atomic E-state index is 5.58. The van der Waals surface area contributed by atoms with Crippen LogP contribution >= 0.6 is 15.9 Å². The van der Waals surface area contributed by atoms with Gasteiger partial charge in [-0.25, -0.2) is 0 Å². The Morgan fingerprint density at radius 1 is 1.36 bits per heavy atom. The van der Waals surface area contributed by atoms with Crippen LogP contribution in [0.15, 0.2) is 0 Å². The van der Waals surface area contributed by atoms with Gasteiger partial charge in [-0.15, -0.1) is 0 Å². The van der Waals surface area contributed by atoms with Crippen LogP contribution in [0.25, 0.3) is 0 Å². The Bertz CT molecular complexity index is 108. The van der Waals surface area contributed by atoms with E-state index in [1.165, 1.54) is 38.5 Å². The van der Waals surface area contributed by atoms with Crippen LogP contribution in [0.1, 0.15) is 38.5 Å². The highest BCUT2D eigenvalue weighted by molar-refractivity contribution is 9.09. The first kappa shape index (κ1) is 9.53. The molecule has 0 amide bonds. The molecule has 1 rings (SSSR count). The molecular weight excluding hydrogens is 204 g/mol. The quantitative estimate of drug-likeness (QED) is 0.662. The molecule has 0 unspecified atom stereocenters. The summed E-state index contributed by atoms with van der Waals surface area (Å²) in [5.74, 6) is 0. The third kappa shape index (κ3) is 2.45. The molecule has 0 bridgehead atoms. The zero-order valence-electron chi connectivity index (χ0n) is 7.24. The zero-order valence-corrected chi connectivity index (χ0v) is 8.82. The number of rotatable bonds is 4. The molecule has 2 heteroatoms. The van der Waals surface area contributed by atoms with Crippen molar-refractivity contribution < 1.29 is 4.74 Å². The van der Waals surface area contributed by atoms with E-state index in [0.29, 0.717) is 0 Å². The highest BCUT2D eigenvalue weighted by Crippen LogP contribution is 2.36. The van der Waals surface area contributed by atoms with Crippen molar-refractivity contribution in [2.75, 3.05) is 12.4 Å². The number of halogens is 1. The van der Waals surface area contributed by atoms with E-state index < -0.39 is 0 Å². The van der Waals surface area contributed by atoms with Crippen LogP contribution in [0, 0.1) is 0 Å². The molecule has 0 aromatic heterocycles. The molecular formula is C9H17BrO. The van der Waals surface area contributed by atoms with Crippen LogP contribution in [0.2, 0.25) is 0 Å². The number of hydrogen-bond donors (Lipinski definition) is 0. The Morgan fingerprint density at radius 2 is 2.00 bits per heavy atom. The third-order valence-corrected chi connectivity index (χ3v) is 3.27. The van der Waals surface area contributed by atoms with E-state index >= 15 is 0 Å². The normalized spacial score (nSPS) is 22.4. The molecule has 0 atom stereocenters. The Morgan fingerprint density at radius 3 is 2.45 bits per heavy atom.